The van der Waals surface area contributed by atoms with Gasteiger partial charge >= 0.3 is 0 Å². The minimum absolute atomic E-state index is 0.00435. The highest BCUT2D eigenvalue weighted by Crippen LogP contribution is 2.26. The number of hydrogen-bond acceptors (Lipinski definition) is 7. The Morgan fingerprint density at radius 1 is 1.05 bits per heavy atom. The van der Waals surface area contributed by atoms with E-state index in [0.717, 1.165) is 11.4 Å². The van der Waals surface area contributed by atoms with Gasteiger partial charge in [-0.25, -0.2) is 22.2 Å². The van der Waals surface area contributed by atoms with Crippen molar-refractivity contribution in [2.45, 2.75) is 26.5 Å². The van der Waals surface area contributed by atoms with Crippen LogP contribution in [0.1, 0.15) is 19.4 Å². The van der Waals surface area contributed by atoms with Gasteiger partial charge in [-0.1, -0.05) is 0 Å². The lowest BCUT2D eigenvalue weighted by molar-refractivity contribution is 0.242. The van der Waals surface area contributed by atoms with Gasteiger partial charge in [-0.3, -0.25) is 4.90 Å². The Balaban J connectivity index is 1.37. The molecule has 37 heavy (non-hydrogen) atoms. The molecule has 2 aromatic carbocycles. The van der Waals surface area contributed by atoms with E-state index in [4.69, 9.17) is 4.74 Å². The third kappa shape index (κ3) is 5.72. The largest absolute Gasteiger partial charge is 0.491 e. The van der Waals surface area contributed by atoms with E-state index >= 15 is 8.78 Å². The first-order valence-electron chi connectivity index (χ1n) is 12.0. The van der Waals surface area contributed by atoms with Crippen molar-refractivity contribution in [3.05, 3.63) is 72.1 Å². The highest BCUT2D eigenvalue weighted by atomic mass is 32.2. The Morgan fingerprint density at radius 2 is 1.73 bits per heavy atom. The fourth-order valence-electron chi connectivity index (χ4n) is 4.22. The number of halogens is 2. The van der Waals surface area contributed by atoms with Crippen LogP contribution in [-0.2, 0) is 16.4 Å². The van der Waals surface area contributed by atoms with E-state index in [2.05, 4.69) is 15.3 Å². The van der Waals surface area contributed by atoms with Gasteiger partial charge in [0.15, 0.2) is 9.84 Å². The zero-order valence-corrected chi connectivity index (χ0v) is 21.3. The van der Waals surface area contributed by atoms with Crippen molar-refractivity contribution in [3.8, 4) is 11.4 Å². The van der Waals surface area contributed by atoms with Crippen molar-refractivity contribution in [3.63, 3.8) is 0 Å². The standard InChI is InChI=1S/C26H27F2N5O3S/c1-17(2)36-21-5-3-19(4-6-21)30-26-29-15-18-7-8-33(25(18)31-26)20-13-23(27)22(24(28)14-20)16-32-9-11-37(34,35)12-10-32/h3-8,13-15,17H,9-12,16H2,1-2H3,(H,29,30,31). The number of anilines is 2. The van der Waals surface area contributed by atoms with Gasteiger partial charge in [0.05, 0.1) is 23.3 Å². The third-order valence-electron chi connectivity index (χ3n) is 6.13. The topological polar surface area (TPSA) is 89.4 Å². The van der Waals surface area contributed by atoms with Crippen LogP contribution in [0.25, 0.3) is 16.7 Å². The Bertz CT molecular complexity index is 1500. The minimum Gasteiger partial charge on any atom is -0.491 e. The minimum atomic E-state index is -3.07. The van der Waals surface area contributed by atoms with Crippen molar-refractivity contribution in [2.24, 2.45) is 0 Å². The molecule has 0 aliphatic carbocycles. The molecule has 3 heterocycles. The normalized spacial score (nSPS) is 15.8. The maximum absolute atomic E-state index is 15.0. The summed E-state index contributed by atoms with van der Waals surface area (Å²) in [6.45, 7) is 4.44. The maximum Gasteiger partial charge on any atom is 0.229 e. The van der Waals surface area contributed by atoms with Crippen LogP contribution >= 0.6 is 0 Å². The molecular weight excluding hydrogens is 500 g/mol. The monoisotopic (exact) mass is 527 g/mol. The van der Waals surface area contributed by atoms with Crippen molar-refractivity contribution >= 4 is 32.5 Å². The molecule has 2 aromatic heterocycles. The van der Waals surface area contributed by atoms with Crippen molar-refractivity contribution < 1.29 is 21.9 Å². The van der Waals surface area contributed by atoms with Crippen LogP contribution in [0.4, 0.5) is 20.4 Å². The Hall–Kier alpha value is -3.57. The van der Waals surface area contributed by atoms with Crippen LogP contribution in [-0.4, -0.2) is 58.6 Å². The average Bonchev–Trinajstić information content (AvgIpc) is 3.26. The van der Waals surface area contributed by atoms with E-state index in [9.17, 15) is 8.42 Å². The second-order valence-electron chi connectivity index (χ2n) is 9.29. The molecular formula is C26H27F2N5O3S. The van der Waals surface area contributed by atoms with Crippen molar-refractivity contribution in [1.82, 2.24) is 19.4 Å². The Morgan fingerprint density at radius 3 is 2.38 bits per heavy atom. The van der Waals surface area contributed by atoms with Gasteiger partial charge in [0.2, 0.25) is 5.95 Å². The number of nitrogens with zero attached hydrogens (tertiary/aromatic N) is 4. The first-order valence-corrected chi connectivity index (χ1v) is 13.8. The maximum atomic E-state index is 15.0. The SMILES string of the molecule is CC(C)Oc1ccc(Nc2ncc3ccn(-c4cc(F)c(CN5CCS(=O)(=O)CC5)c(F)c4)c3n2)cc1. The van der Waals surface area contributed by atoms with Crippen LogP contribution in [0, 0.1) is 11.6 Å². The zero-order valence-electron chi connectivity index (χ0n) is 20.5. The molecule has 1 aliphatic rings. The fraction of sp³-hybridized carbons (Fsp3) is 0.308. The number of ether oxygens (including phenoxy) is 1. The Kier molecular flexibility index (Phi) is 6.82. The predicted molar refractivity (Wildman–Crippen MR) is 138 cm³/mol. The molecule has 5 rings (SSSR count). The number of sulfone groups is 1. The van der Waals surface area contributed by atoms with Crippen molar-refractivity contribution in [2.75, 3.05) is 29.9 Å². The molecule has 0 bridgehead atoms. The molecule has 0 radical (unpaired) electrons. The number of aromatic nitrogens is 3. The molecule has 194 valence electrons. The number of nitrogens with one attached hydrogen (secondary N) is 1. The molecule has 1 fully saturated rings. The fourth-order valence-corrected chi connectivity index (χ4v) is 5.49. The second kappa shape index (κ2) is 10.1. The molecule has 1 saturated heterocycles. The first-order chi connectivity index (χ1) is 17.7. The van der Waals surface area contributed by atoms with Gasteiger partial charge in [-0.05, 0) is 56.3 Å². The van der Waals surface area contributed by atoms with Gasteiger partial charge in [0.25, 0.3) is 0 Å². The molecule has 11 heteroatoms. The second-order valence-corrected chi connectivity index (χ2v) is 11.6. The van der Waals surface area contributed by atoms with E-state index in [1.165, 1.54) is 12.1 Å². The van der Waals surface area contributed by atoms with Gasteiger partial charge < -0.3 is 14.6 Å². The average molecular weight is 528 g/mol. The van der Waals surface area contributed by atoms with Gasteiger partial charge in [0, 0.05) is 48.7 Å². The zero-order chi connectivity index (χ0) is 26.2. The van der Waals surface area contributed by atoms with Crippen LogP contribution in [0.5, 0.6) is 5.75 Å². The molecule has 0 atom stereocenters. The number of rotatable bonds is 7. The van der Waals surface area contributed by atoms with Crippen LogP contribution in [0.3, 0.4) is 0 Å². The Labute approximate surface area is 213 Å². The van der Waals surface area contributed by atoms with Crippen LogP contribution in [0.15, 0.2) is 54.9 Å². The van der Waals surface area contributed by atoms with E-state index in [1.54, 1.807) is 27.9 Å². The van der Waals surface area contributed by atoms with E-state index < -0.39 is 21.5 Å². The summed E-state index contributed by atoms with van der Waals surface area (Å²) in [6, 6.07) is 11.7. The lowest BCUT2D eigenvalue weighted by atomic mass is 10.1. The van der Waals surface area contributed by atoms with Crippen molar-refractivity contribution in [1.29, 1.82) is 0 Å². The van der Waals surface area contributed by atoms with Gasteiger partial charge in [-0.15, -0.1) is 0 Å². The third-order valence-corrected chi connectivity index (χ3v) is 7.74. The molecule has 4 aromatic rings. The van der Waals surface area contributed by atoms with Gasteiger partial charge in [0.1, 0.15) is 23.0 Å². The highest BCUT2D eigenvalue weighted by molar-refractivity contribution is 7.91. The quantitative estimate of drug-likeness (QED) is 0.380. The van der Waals surface area contributed by atoms with Crippen LogP contribution < -0.4 is 10.1 Å². The summed E-state index contributed by atoms with van der Waals surface area (Å²) in [6.07, 6.45) is 3.40. The summed E-state index contributed by atoms with van der Waals surface area (Å²) in [5, 5.41) is 3.85. The number of benzene rings is 2. The van der Waals surface area contributed by atoms with E-state index in [1.807, 2.05) is 38.1 Å². The summed E-state index contributed by atoms with van der Waals surface area (Å²) >= 11 is 0. The molecule has 0 unspecified atom stereocenters. The molecule has 0 amide bonds. The summed E-state index contributed by atoms with van der Waals surface area (Å²) in [4.78, 5) is 10.7. The smallest absolute Gasteiger partial charge is 0.229 e. The lowest BCUT2D eigenvalue weighted by Gasteiger charge is -2.26. The van der Waals surface area contributed by atoms with Gasteiger partial charge in [-0.2, -0.15) is 4.98 Å². The molecule has 1 N–H and O–H groups in total. The summed E-state index contributed by atoms with van der Waals surface area (Å²) in [7, 11) is -3.07. The first kappa shape index (κ1) is 25.1. The summed E-state index contributed by atoms with van der Waals surface area (Å²) in [5.41, 5.74) is 1.46. The van der Waals surface area contributed by atoms with E-state index in [-0.39, 0.29) is 48.5 Å². The highest BCUT2D eigenvalue weighted by Gasteiger charge is 2.24. The molecule has 0 spiro atoms. The lowest BCUT2D eigenvalue weighted by Crippen LogP contribution is -2.40. The number of fused-ring (bicyclic) bond motifs is 1. The predicted octanol–water partition coefficient (Wildman–Crippen LogP) is 4.46. The molecule has 0 saturated carbocycles. The molecule has 8 nitrogen and oxygen atoms in total. The van der Waals surface area contributed by atoms with E-state index in [0.29, 0.717) is 17.0 Å². The summed E-state index contributed by atoms with van der Waals surface area (Å²) in [5.74, 6) is -0.306. The van der Waals surface area contributed by atoms with Crippen LogP contribution in [0.2, 0.25) is 0 Å². The number of hydrogen-bond donors (Lipinski definition) is 1. The summed E-state index contributed by atoms with van der Waals surface area (Å²) < 4.78 is 60.6. The molecule has 1 aliphatic heterocycles.